The van der Waals surface area contributed by atoms with E-state index in [0.29, 0.717) is 6.42 Å². The number of hydrogen-bond acceptors (Lipinski definition) is 1. The molecule has 2 rings (SSSR count). The summed E-state index contributed by atoms with van der Waals surface area (Å²) in [5.74, 6) is -0.125. The minimum Gasteiger partial charge on any atom is -0.294 e. The zero-order valence-corrected chi connectivity index (χ0v) is 9.42. The molecule has 0 saturated carbocycles. The molecule has 0 amide bonds. The Kier molecular flexibility index (Phi) is 3.18. The lowest BCUT2D eigenvalue weighted by Gasteiger charge is -2.05. The van der Waals surface area contributed by atoms with Crippen molar-refractivity contribution in [1.82, 2.24) is 0 Å². The number of rotatable bonds is 3. The van der Waals surface area contributed by atoms with Gasteiger partial charge in [0.1, 0.15) is 5.82 Å². The van der Waals surface area contributed by atoms with Crippen molar-refractivity contribution in [3.63, 3.8) is 0 Å². The predicted molar refractivity (Wildman–Crippen MR) is 61.8 cm³/mol. The van der Waals surface area contributed by atoms with E-state index < -0.39 is 0 Å². The summed E-state index contributed by atoms with van der Waals surface area (Å²) in [6.45, 7) is 1.91. The van der Waals surface area contributed by atoms with Gasteiger partial charge in [-0.05, 0) is 55.0 Å². The van der Waals surface area contributed by atoms with Crippen molar-refractivity contribution >= 4 is 5.78 Å². The van der Waals surface area contributed by atoms with E-state index in [1.807, 2.05) is 13.0 Å². The Bertz CT molecular complexity index is 446. The fourth-order valence-corrected chi connectivity index (χ4v) is 2.04. The zero-order valence-electron chi connectivity index (χ0n) is 9.42. The van der Waals surface area contributed by atoms with E-state index in [4.69, 9.17) is 0 Å². The monoisotopic (exact) mass is 218 g/mol. The van der Waals surface area contributed by atoms with Crippen LogP contribution in [0.4, 0.5) is 4.39 Å². The molecule has 2 heteroatoms. The summed E-state index contributed by atoms with van der Waals surface area (Å²) in [5, 5.41) is 0. The van der Waals surface area contributed by atoms with Gasteiger partial charge in [0, 0.05) is 6.42 Å². The normalized spacial score (nSPS) is 15.0. The molecule has 1 nitrogen and oxygen atoms in total. The van der Waals surface area contributed by atoms with E-state index in [1.165, 1.54) is 12.1 Å². The predicted octanol–water partition coefficient (Wildman–Crippen LogP) is 3.36. The number of halogens is 1. The third kappa shape index (κ3) is 2.38. The van der Waals surface area contributed by atoms with Crippen LogP contribution in [0.2, 0.25) is 0 Å². The van der Waals surface area contributed by atoms with Crippen molar-refractivity contribution < 1.29 is 9.18 Å². The van der Waals surface area contributed by atoms with Crippen LogP contribution in [-0.2, 0) is 11.2 Å². The molecule has 1 aromatic carbocycles. The average molecular weight is 218 g/mol. The third-order valence-corrected chi connectivity index (χ3v) is 3.06. The van der Waals surface area contributed by atoms with Crippen LogP contribution in [0.1, 0.15) is 30.4 Å². The van der Waals surface area contributed by atoms with Gasteiger partial charge in [-0.25, -0.2) is 4.39 Å². The number of carbonyl (C=O) groups is 1. The molecule has 0 aliphatic heterocycles. The van der Waals surface area contributed by atoms with Crippen LogP contribution in [0.25, 0.3) is 0 Å². The molecule has 0 spiro atoms. The van der Waals surface area contributed by atoms with Crippen LogP contribution in [0.15, 0.2) is 29.8 Å². The Hall–Kier alpha value is -1.44. The molecular weight excluding hydrogens is 203 g/mol. The molecule has 0 fully saturated rings. The maximum atomic E-state index is 13.0. The summed E-state index contributed by atoms with van der Waals surface area (Å²) < 4.78 is 13.0. The average Bonchev–Trinajstić information content (AvgIpc) is 2.76. The van der Waals surface area contributed by atoms with E-state index >= 15 is 0 Å². The molecule has 1 aliphatic rings. The maximum Gasteiger partial charge on any atom is 0.162 e. The molecular formula is C14H15FO. The number of benzene rings is 1. The van der Waals surface area contributed by atoms with Gasteiger partial charge >= 0.3 is 0 Å². The highest BCUT2D eigenvalue weighted by Crippen LogP contribution is 2.21. The van der Waals surface area contributed by atoms with Crippen molar-refractivity contribution in [2.24, 2.45) is 0 Å². The molecule has 84 valence electrons. The first kappa shape index (κ1) is 11.1. The molecule has 0 heterocycles. The van der Waals surface area contributed by atoms with Crippen LogP contribution < -0.4 is 0 Å². The summed E-state index contributed by atoms with van der Waals surface area (Å²) in [6.07, 6.45) is 5.30. The second kappa shape index (κ2) is 4.60. The molecule has 0 saturated heterocycles. The van der Waals surface area contributed by atoms with Crippen molar-refractivity contribution in [2.45, 2.75) is 32.6 Å². The van der Waals surface area contributed by atoms with E-state index in [9.17, 15) is 9.18 Å². The summed E-state index contributed by atoms with van der Waals surface area (Å²) in [7, 11) is 0. The van der Waals surface area contributed by atoms with Gasteiger partial charge < -0.3 is 0 Å². The molecule has 16 heavy (non-hydrogen) atoms. The molecule has 0 radical (unpaired) electrons. The smallest absolute Gasteiger partial charge is 0.162 e. The second-order valence-electron chi connectivity index (χ2n) is 4.29. The fourth-order valence-electron chi connectivity index (χ4n) is 2.04. The molecule has 0 N–H and O–H groups in total. The first-order chi connectivity index (χ1) is 7.66. The highest BCUT2D eigenvalue weighted by molar-refractivity contribution is 5.97. The van der Waals surface area contributed by atoms with Crippen LogP contribution >= 0.6 is 0 Å². The van der Waals surface area contributed by atoms with E-state index in [2.05, 4.69) is 0 Å². The lowest BCUT2D eigenvalue weighted by Crippen LogP contribution is -2.06. The summed E-state index contributed by atoms with van der Waals surface area (Å²) in [6, 6.07) is 4.61. The number of hydrogen-bond donors (Lipinski definition) is 0. The number of Topliss-reactive ketones (excluding diaryl/α,β-unsaturated/α-hetero) is 1. The molecule has 1 aromatic rings. The Balaban J connectivity index is 2.14. The zero-order chi connectivity index (χ0) is 11.5. The number of carbonyl (C=O) groups excluding carboxylic acids is 1. The number of aryl methyl sites for hydroxylation is 1. The van der Waals surface area contributed by atoms with Crippen molar-refractivity contribution in [3.05, 3.63) is 46.8 Å². The third-order valence-electron chi connectivity index (χ3n) is 3.06. The van der Waals surface area contributed by atoms with Gasteiger partial charge in [-0.15, -0.1) is 0 Å². The van der Waals surface area contributed by atoms with Crippen molar-refractivity contribution in [1.29, 1.82) is 0 Å². The molecule has 0 aromatic heterocycles. The number of allylic oxidation sites excluding steroid dienone is 2. The van der Waals surface area contributed by atoms with Crippen molar-refractivity contribution in [3.8, 4) is 0 Å². The van der Waals surface area contributed by atoms with Gasteiger partial charge in [-0.2, -0.15) is 0 Å². The Morgan fingerprint density at radius 3 is 2.94 bits per heavy atom. The van der Waals surface area contributed by atoms with Gasteiger partial charge in [0.25, 0.3) is 0 Å². The van der Waals surface area contributed by atoms with Gasteiger partial charge in [0.2, 0.25) is 0 Å². The van der Waals surface area contributed by atoms with Crippen LogP contribution in [0.3, 0.4) is 0 Å². The van der Waals surface area contributed by atoms with Gasteiger partial charge in [0.05, 0.1) is 0 Å². The fraction of sp³-hybridized carbons (Fsp3) is 0.357. The highest BCUT2D eigenvalue weighted by atomic mass is 19.1. The molecule has 1 aliphatic carbocycles. The second-order valence-corrected chi connectivity index (χ2v) is 4.29. The lowest BCUT2D eigenvalue weighted by molar-refractivity contribution is -0.115. The lowest BCUT2D eigenvalue weighted by atomic mass is 9.99. The van der Waals surface area contributed by atoms with Gasteiger partial charge in [-0.1, -0.05) is 12.1 Å². The standard InChI is InChI=1S/C14H15FO/c1-10-6-7-13(15)8-12(10)9-14(16)11-4-2-3-5-11/h4,6-8H,2-3,5,9H2,1H3. The minimum atomic E-state index is -0.270. The van der Waals surface area contributed by atoms with E-state index in [0.717, 1.165) is 36.0 Å². The first-order valence-corrected chi connectivity index (χ1v) is 5.64. The summed E-state index contributed by atoms with van der Waals surface area (Å²) >= 11 is 0. The van der Waals surface area contributed by atoms with Crippen LogP contribution in [0, 0.1) is 12.7 Å². The Morgan fingerprint density at radius 1 is 1.44 bits per heavy atom. The van der Waals surface area contributed by atoms with E-state index in [1.54, 1.807) is 6.07 Å². The van der Waals surface area contributed by atoms with Crippen molar-refractivity contribution in [2.75, 3.05) is 0 Å². The SMILES string of the molecule is Cc1ccc(F)cc1CC(=O)C1=CCCC1. The highest BCUT2D eigenvalue weighted by Gasteiger charge is 2.14. The quantitative estimate of drug-likeness (QED) is 0.760. The number of ketones is 1. The van der Waals surface area contributed by atoms with E-state index in [-0.39, 0.29) is 11.6 Å². The van der Waals surface area contributed by atoms with Crippen LogP contribution in [-0.4, -0.2) is 5.78 Å². The molecule has 0 bridgehead atoms. The van der Waals surface area contributed by atoms with Crippen LogP contribution in [0.5, 0.6) is 0 Å². The Labute approximate surface area is 95.0 Å². The Morgan fingerprint density at radius 2 is 2.25 bits per heavy atom. The van der Waals surface area contributed by atoms with Gasteiger partial charge in [-0.3, -0.25) is 4.79 Å². The summed E-state index contributed by atoms with van der Waals surface area (Å²) in [5.41, 5.74) is 2.70. The summed E-state index contributed by atoms with van der Waals surface area (Å²) in [4.78, 5) is 11.9. The largest absolute Gasteiger partial charge is 0.294 e. The van der Waals surface area contributed by atoms with Gasteiger partial charge in [0.15, 0.2) is 5.78 Å². The first-order valence-electron chi connectivity index (χ1n) is 5.64. The molecule has 0 unspecified atom stereocenters. The maximum absolute atomic E-state index is 13.0. The topological polar surface area (TPSA) is 17.1 Å². The molecule has 0 atom stereocenters. The minimum absolute atomic E-state index is 0.145.